The van der Waals surface area contributed by atoms with Crippen molar-refractivity contribution in [3.63, 3.8) is 0 Å². The zero-order valence-electron chi connectivity index (χ0n) is 10.7. The van der Waals surface area contributed by atoms with Crippen LogP contribution in [0.3, 0.4) is 0 Å². The maximum Gasteiger partial charge on any atom is 0.364 e. The summed E-state index contributed by atoms with van der Waals surface area (Å²) in [5.74, 6) is 0.843. The summed E-state index contributed by atoms with van der Waals surface area (Å²) >= 11 is 1.52. The number of hydrogen-bond acceptors (Lipinski definition) is 6. The molecule has 0 radical (unpaired) electrons. The molecule has 0 saturated heterocycles. The molecule has 1 rings (SSSR count). The average molecular weight is 278 g/mol. The van der Waals surface area contributed by atoms with E-state index in [9.17, 15) is 4.57 Å². The minimum Gasteiger partial charge on any atom is -0.307 e. The lowest BCUT2D eigenvalue weighted by Gasteiger charge is -2.30. The highest BCUT2D eigenvalue weighted by Crippen LogP contribution is 2.63. The van der Waals surface area contributed by atoms with Crippen LogP contribution in [-0.2, 0) is 13.6 Å². The second-order valence-corrected chi connectivity index (χ2v) is 7.10. The minimum absolute atomic E-state index is 0.326. The number of aliphatic imine (C=N–C) groups is 2. The summed E-state index contributed by atoms with van der Waals surface area (Å²) < 4.78 is 23.5. The molecule has 0 aromatic rings. The summed E-state index contributed by atoms with van der Waals surface area (Å²) in [6.07, 6.45) is 1.43. The lowest BCUT2D eigenvalue weighted by molar-refractivity contribution is 0.209. The average Bonchev–Trinajstić information content (AvgIpc) is 2.63. The predicted octanol–water partition coefficient (Wildman–Crippen LogP) is 3.16. The molecule has 17 heavy (non-hydrogen) atoms. The zero-order chi connectivity index (χ0) is 12.9. The van der Waals surface area contributed by atoms with Gasteiger partial charge in [0.1, 0.15) is 11.4 Å². The van der Waals surface area contributed by atoms with Crippen molar-refractivity contribution in [1.82, 2.24) is 0 Å². The van der Waals surface area contributed by atoms with Crippen LogP contribution in [0.1, 0.15) is 27.7 Å². The number of rotatable bonds is 6. The molecule has 0 saturated carbocycles. The fourth-order valence-corrected chi connectivity index (χ4v) is 4.49. The smallest absolute Gasteiger partial charge is 0.307 e. The SMILES string of the molecule is CCOP(=O)(OCC)C1(C)N=CN=C1SCC. The van der Waals surface area contributed by atoms with E-state index in [0.717, 1.165) is 5.75 Å². The van der Waals surface area contributed by atoms with Gasteiger partial charge in [-0.2, -0.15) is 0 Å². The van der Waals surface area contributed by atoms with Crippen molar-refractivity contribution in [3.05, 3.63) is 0 Å². The molecule has 0 bridgehead atoms. The highest BCUT2D eigenvalue weighted by molar-refractivity contribution is 8.14. The maximum atomic E-state index is 12.8. The standard InChI is InChI=1S/C10H19N2O3PS/c1-5-14-16(13,15-6-2)10(4)9(17-7-3)11-8-12-10/h8H,5-7H2,1-4H3. The lowest BCUT2D eigenvalue weighted by atomic mass is 10.4. The van der Waals surface area contributed by atoms with Gasteiger partial charge in [-0.15, -0.1) is 11.8 Å². The third kappa shape index (κ3) is 2.81. The molecule has 0 spiro atoms. The molecular weight excluding hydrogens is 259 g/mol. The van der Waals surface area contributed by atoms with Crippen LogP contribution in [0.2, 0.25) is 0 Å². The molecule has 98 valence electrons. The van der Waals surface area contributed by atoms with Gasteiger partial charge in [0.15, 0.2) is 0 Å². The molecule has 0 aromatic heterocycles. The summed E-state index contributed by atoms with van der Waals surface area (Å²) in [7, 11) is -3.31. The Labute approximate surface area is 107 Å². The van der Waals surface area contributed by atoms with E-state index in [4.69, 9.17) is 9.05 Å². The van der Waals surface area contributed by atoms with Gasteiger partial charge in [-0.05, 0) is 26.5 Å². The van der Waals surface area contributed by atoms with Crippen molar-refractivity contribution in [2.45, 2.75) is 33.0 Å². The third-order valence-corrected chi connectivity index (χ3v) is 6.11. The molecule has 0 aliphatic carbocycles. The normalized spacial score (nSPS) is 24.1. The fraction of sp³-hybridized carbons (Fsp3) is 0.800. The van der Waals surface area contributed by atoms with E-state index < -0.39 is 12.9 Å². The first-order chi connectivity index (χ1) is 8.04. The van der Waals surface area contributed by atoms with Crippen molar-refractivity contribution in [1.29, 1.82) is 0 Å². The van der Waals surface area contributed by atoms with Gasteiger partial charge in [0, 0.05) is 0 Å². The minimum atomic E-state index is -3.31. The van der Waals surface area contributed by atoms with E-state index in [-0.39, 0.29) is 0 Å². The van der Waals surface area contributed by atoms with E-state index in [1.165, 1.54) is 18.1 Å². The summed E-state index contributed by atoms with van der Waals surface area (Å²) in [6, 6.07) is 0. The summed E-state index contributed by atoms with van der Waals surface area (Å²) in [5.41, 5.74) is 0. The maximum absolute atomic E-state index is 12.8. The third-order valence-electron chi connectivity index (χ3n) is 2.30. The van der Waals surface area contributed by atoms with Crippen LogP contribution in [-0.4, -0.2) is 35.6 Å². The van der Waals surface area contributed by atoms with E-state index in [1.54, 1.807) is 20.8 Å². The highest BCUT2D eigenvalue weighted by Gasteiger charge is 2.52. The summed E-state index contributed by atoms with van der Waals surface area (Å²) in [5, 5.41) is -0.287. The molecule has 1 aliphatic heterocycles. The molecule has 0 fully saturated rings. The Morgan fingerprint density at radius 2 is 1.94 bits per heavy atom. The number of hydrogen-bond donors (Lipinski definition) is 0. The largest absolute Gasteiger partial charge is 0.364 e. The molecule has 0 aromatic carbocycles. The Bertz CT molecular complexity index is 363. The molecule has 1 aliphatic rings. The quantitative estimate of drug-likeness (QED) is 0.700. The first kappa shape index (κ1) is 14.9. The topological polar surface area (TPSA) is 60.2 Å². The molecule has 0 N–H and O–H groups in total. The Hall–Kier alpha value is -0.160. The van der Waals surface area contributed by atoms with Crippen LogP contribution < -0.4 is 0 Å². The molecule has 1 heterocycles. The van der Waals surface area contributed by atoms with Crippen molar-refractivity contribution in [2.24, 2.45) is 9.98 Å². The van der Waals surface area contributed by atoms with Gasteiger partial charge in [-0.25, -0.2) is 9.98 Å². The Morgan fingerprint density at radius 1 is 1.35 bits per heavy atom. The summed E-state index contributed by atoms with van der Waals surface area (Å²) in [4.78, 5) is 8.38. The second-order valence-electron chi connectivity index (χ2n) is 3.47. The van der Waals surface area contributed by atoms with Gasteiger partial charge >= 0.3 is 7.60 Å². The molecule has 7 heteroatoms. The van der Waals surface area contributed by atoms with Gasteiger partial charge < -0.3 is 9.05 Å². The van der Waals surface area contributed by atoms with E-state index >= 15 is 0 Å². The molecule has 1 unspecified atom stereocenters. The molecule has 0 amide bonds. The van der Waals surface area contributed by atoms with Crippen molar-refractivity contribution < 1.29 is 13.6 Å². The van der Waals surface area contributed by atoms with Crippen molar-refractivity contribution >= 4 is 30.7 Å². The van der Waals surface area contributed by atoms with E-state index in [0.29, 0.717) is 18.3 Å². The molecule has 1 atom stereocenters. The van der Waals surface area contributed by atoms with Gasteiger partial charge in [0.25, 0.3) is 0 Å². The first-order valence-electron chi connectivity index (χ1n) is 5.68. The van der Waals surface area contributed by atoms with Gasteiger partial charge in [-0.3, -0.25) is 4.57 Å². The van der Waals surface area contributed by atoms with Gasteiger partial charge in [0.05, 0.1) is 13.2 Å². The first-order valence-corrected chi connectivity index (χ1v) is 8.20. The van der Waals surface area contributed by atoms with E-state index in [1.807, 2.05) is 6.92 Å². The Morgan fingerprint density at radius 3 is 2.41 bits per heavy atom. The van der Waals surface area contributed by atoms with Crippen LogP contribution in [0, 0.1) is 0 Å². The summed E-state index contributed by atoms with van der Waals surface area (Å²) in [6.45, 7) is 8.00. The van der Waals surface area contributed by atoms with Crippen LogP contribution in [0.15, 0.2) is 9.98 Å². The lowest BCUT2D eigenvalue weighted by Crippen LogP contribution is -2.31. The molecule has 5 nitrogen and oxygen atoms in total. The van der Waals surface area contributed by atoms with Crippen molar-refractivity contribution in [3.8, 4) is 0 Å². The number of nitrogens with zero attached hydrogens (tertiary/aromatic N) is 2. The molecular formula is C10H19N2O3PS. The van der Waals surface area contributed by atoms with Gasteiger partial charge in [0.2, 0.25) is 5.28 Å². The van der Waals surface area contributed by atoms with Crippen LogP contribution in [0.5, 0.6) is 0 Å². The van der Waals surface area contributed by atoms with Crippen LogP contribution >= 0.6 is 19.4 Å². The predicted molar refractivity (Wildman–Crippen MR) is 73.3 cm³/mol. The Balaban J connectivity index is 3.04. The zero-order valence-corrected chi connectivity index (χ0v) is 12.4. The Kier molecular flexibility index (Phi) is 5.38. The van der Waals surface area contributed by atoms with Crippen molar-refractivity contribution in [2.75, 3.05) is 19.0 Å². The van der Waals surface area contributed by atoms with Crippen LogP contribution in [0.25, 0.3) is 0 Å². The second kappa shape index (κ2) is 6.14. The number of thioether (sulfide) groups is 1. The monoisotopic (exact) mass is 278 g/mol. The fourth-order valence-electron chi connectivity index (χ4n) is 1.50. The van der Waals surface area contributed by atoms with E-state index in [2.05, 4.69) is 9.98 Å². The van der Waals surface area contributed by atoms with Crippen LogP contribution in [0.4, 0.5) is 0 Å². The van der Waals surface area contributed by atoms with Gasteiger partial charge in [-0.1, -0.05) is 6.92 Å². The highest BCUT2D eigenvalue weighted by atomic mass is 32.2.